The second kappa shape index (κ2) is 4.77. The summed E-state index contributed by atoms with van der Waals surface area (Å²) in [5.74, 6) is -0.139. The number of cyclic esters (lactones) is 1. The number of esters is 2. The number of carbonyl (C=O) groups excluding carboxylic acids is 2. The van der Waals surface area contributed by atoms with E-state index in [0.717, 1.165) is 30.4 Å². The lowest BCUT2D eigenvalue weighted by atomic mass is 9.45. The quantitative estimate of drug-likeness (QED) is 0.577. The minimum atomic E-state index is -0.647. The van der Waals surface area contributed by atoms with Crippen molar-refractivity contribution in [2.75, 3.05) is 0 Å². The van der Waals surface area contributed by atoms with Crippen molar-refractivity contribution in [2.24, 2.45) is 22.7 Å². The molecule has 1 saturated carbocycles. The van der Waals surface area contributed by atoms with E-state index in [1.807, 2.05) is 13.0 Å². The molecule has 1 aromatic rings. The highest BCUT2D eigenvalue weighted by Crippen LogP contribution is 2.67. The molecule has 0 N–H and O–H groups in total. The fraction of sp³-hybridized carbons (Fsp3) is 0.600. The van der Waals surface area contributed by atoms with E-state index in [1.54, 1.807) is 12.5 Å². The maximum absolute atomic E-state index is 13.2. The SMILES string of the molecule is CC1=C[C@H]2C[C@@H]3[C@@]1(CC[C@H](C)[C@@]31C[C@@H](c3ccoc3)OC1=O)C(=O)O2. The minimum absolute atomic E-state index is 0.0376. The number of ether oxygens (including phenoxy) is 2. The Labute approximate surface area is 146 Å². The molecule has 25 heavy (non-hydrogen) atoms. The third-order valence-electron chi connectivity index (χ3n) is 7.37. The Bertz CT molecular complexity index is 778. The summed E-state index contributed by atoms with van der Waals surface area (Å²) >= 11 is 0. The summed E-state index contributed by atoms with van der Waals surface area (Å²) < 4.78 is 16.6. The Hall–Kier alpha value is -2.04. The average molecular weight is 342 g/mol. The molecule has 0 aromatic carbocycles. The first-order chi connectivity index (χ1) is 12.0. The van der Waals surface area contributed by atoms with Gasteiger partial charge in [-0.1, -0.05) is 12.5 Å². The van der Waals surface area contributed by atoms with Gasteiger partial charge in [-0.25, -0.2) is 0 Å². The van der Waals surface area contributed by atoms with E-state index in [9.17, 15) is 9.59 Å². The maximum atomic E-state index is 13.2. The van der Waals surface area contributed by atoms with Crippen LogP contribution in [0.15, 0.2) is 34.7 Å². The molecule has 2 saturated heterocycles. The Kier molecular flexibility index (Phi) is 2.91. The highest BCUT2D eigenvalue weighted by atomic mass is 16.6. The van der Waals surface area contributed by atoms with Crippen LogP contribution >= 0.6 is 0 Å². The lowest BCUT2D eigenvalue weighted by molar-refractivity contribution is -0.196. The van der Waals surface area contributed by atoms with Gasteiger partial charge >= 0.3 is 11.9 Å². The molecule has 5 nitrogen and oxygen atoms in total. The zero-order valence-corrected chi connectivity index (χ0v) is 14.5. The number of hydrogen-bond donors (Lipinski definition) is 0. The van der Waals surface area contributed by atoms with E-state index >= 15 is 0 Å². The van der Waals surface area contributed by atoms with E-state index in [0.29, 0.717) is 6.42 Å². The minimum Gasteiger partial charge on any atom is -0.472 e. The monoisotopic (exact) mass is 342 g/mol. The van der Waals surface area contributed by atoms with Crippen molar-refractivity contribution in [1.29, 1.82) is 0 Å². The fourth-order valence-electron chi connectivity index (χ4n) is 6.00. The van der Waals surface area contributed by atoms with Crippen molar-refractivity contribution in [3.63, 3.8) is 0 Å². The van der Waals surface area contributed by atoms with Gasteiger partial charge in [-0.3, -0.25) is 9.59 Å². The number of fused-ring (bicyclic) bond motifs is 1. The molecular weight excluding hydrogens is 320 g/mol. The number of rotatable bonds is 1. The second-order valence-electron chi connectivity index (χ2n) is 8.19. The molecule has 4 heterocycles. The molecule has 6 atom stereocenters. The van der Waals surface area contributed by atoms with Crippen LogP contribution in [-0.4, -0.2) is 18.0 Å². The van der Waals surface area contributed by atoms with Gasteiger partial charge in [0.25, 0.3) is 0 Å². The van der Waals surface area contributed by atoms with Crippen LogP contribution in [-0.2, 0) is 19.1 Å². The molecule has 2 aliphatic carbocycles. The first-order valence-electron chi connectivity index (χ1n) is 9.11. The van der Waals surface area contributed by atoms with Gasteiger partial charge in [-0.15, -0.1) is 0 Å². The Morgan fingerprint density at radius 3 is 2.76 bits per heavy atom. The topological polar surface area (TPSA) is 65.7 Å². The van der Waals surface area contributed by atoms with Crippen LogP contribution in [0.25, 0.3) is 0 Å². The zero-order valence-electron chi connectivity index (χ0n) is 14.5. The van der Waals surface area contributed by atoms with Crippen LogP contribution in [0.1, 0.15) is 51.2 Å². The lowest BCUT2D eigenvalue weighted by Gasteiger charge is -2.59. The molecule has 0 unspecified atom stereocenters. The smallest absolute Gasteiger partial charge is 0.317 e. The van der Waals surface area contributed by atoms with Crippen molar-refractivity contribution in [2.45, 2.75) is 51.7 Å². The highest BCUT2D eigenvalue weighted by Gasteiger charge is 2.70. The second-order valence-corrected chi connectivity index (χ2v) is 8.19. The largest absolute Gasteiger partial charge is 0.472 e. The van der Waals surface area contributed by atoms with Crippen molar-refractivity contribution in [3.05, 3.63) is 35.8 Å². The van der Waals surface area contributed by atoms with Gasteiger partial charge in [-0.2, -0.15) is 0 Å². The summed E-state index contributed by atoms with van der Waals surface area (Å²) in [6.07, 6.45) is 7.76. The van der Waals surface area contributed by atoms with Gasteiger partial charge in [0.1, 0.15) is 12.2 Å². The van der Waals surface area contributed by atoms with Crippen LogP contribution in [0, 0.1) is 22.7 Å². The van der Waals surface area contributed by atoms with Crippen LogP contribution in [0.5, 0.6) is 0 Å². The summed E-state index contributed by atoms with van der Waals surface area (Å²) in [4.78, 5) is 26.0. The first-order valence-corrected chi connectivity index (χ1v) is 9.11. The first kappa shape index (κ1) is 15.2. The Morgan fingerprint density at radius 1 is 1.20 bits per heavy atom. The van der Waals surface area contributed by atoms with Gasteiger partial charge in [0, 0.05) is 12.0 Å². The standard InChI is InChI=1S/C20H22O5/c1-11-3-5-19-12(2)7-14(24-17(19)21)8-16(19)20(11)9-15(25-18(20)22)13-4-6-23-10-13/h4,6-7,10-11,14-16H,3,5,8-9H2,1-2H3/t11-,14-,15-,16+,19-,20-/m0/s1. The summed E-state index contributed by atoms with van der Waals surface area (Å²) in [7, 11) is 0. The molecule has 1 aromatic heterocycles. The van der Waals surface area contributed by atoms with Crippen molar-refractivity contribution >= 4 is 11.9 Å². The van der Waals surface area contributed by atoms with E-state index in [1.165, 1.54) is 0 Å². The molecule has 3 fully saturated rings. The van der Waals surface area contributed by atoms with Crippen molar-refractivity contribution < 1.29 is 23.5 Å². The number of furan rings is 1. The van der Waals surface area contributed by atoms with Gasteiger partial charge in [0.05, 0.1) is 23.4 Å². The van der Waals surface area contributed by atoms with Gasteiger partial charge < -0.3 is 13.9 Å². The summed E-state index contributed by atoms with van der Waals surface area (Å²) in [5.41, 5.74) is 0.711. The summed E-state index contributed by atoms with van der Waals surface area (Å²) in [6.45, 7) is 4.16. The van der Waals surface area contributed by atoms with E-state index in [-0.39, 0.29) is 36.0 Å². The highest BCUT2D eigenvalue weighted by molar-refractivity contribution is 5.88. The molecule has 6 rings (SSSR count). The average Bonchev–Trinajstić information content (AvgIpc) is 3.20. The lowest BCUT2D eigenvalue weighted by Crippen LogP contribution is -2.62. The molecule has 2 spiro atoms. The third-order valence-corrected chi connectivity index (χ3v) is 7.37. The van der Waals surface area contributed by atoms with Crippen LogP contribution in [0.4, 0.5) is 0 Å². The zero-order chi connectivity index (χ0) is 17.4. The Morgan fingerprint density at radius 2 is 2.04 bits per heavy atom. The predicted molar refractivity (Wildman–Crippen MR) is 87.2 cm³/mol. The molecule has 5 heteroatoms. The van der Waals surface area contributed by atoms with Crippen LogP contribution in [0.2, 0.25) is 0 Å². The van der Waals surface area contributed by atoms with Crippen LogP contribution < -0.4 is 0 Å². The van der Waals surface area contributed by atoms with Crippen molar-refractivity contribution in [3.8, 4) is 0 Å². The molecule has 132 valence electrons. The maximum Gasteiger partial charge on any atom is 0.317 e. The van der Waals surface area contributed by atoms with E-state index in [2.05, 4.69) is 13.0 Å². The normalized spacial score (nSPS) is 45.1. The summed E-state index contributed by atoms with van der Waals surface area (Å²) in [6, 6.07) is 1.85. The van der Waals surface area contributed by atoms with E-state index in [4.69, 9.17) is 13.9 Å². The fourth-order valence-corrected chi connectivity index (χ4v) is 6.00. The van der Waals surface area contributed by atoms with Gasteiger partial charge in [0.2, 0.25) is 0 Å². The molecule has 3 aliphatic heterocycles. The molecule has 0 amide bonds. The van der Waals surface area contributed by atoms with Gasteiger partial charge in [-0.05, 0) is 50.2 Å². The van der Waals surface area contributed by atoms with E-state index < -0.39 is 10.8 Å². The summed E-state index contributed by atoms with van der Waals surface area (Å²) in [5, 5.41) is 0. The molecule has 2 bridgehead atoms. The third kappa shape index (κ3) is 1.69. The van der Waals surface area contributed by atoms with Crippen LogP contribution in [0.3, 0.4) is 0 Å². The van der Waals surface area contributed by atoms with Gasteiger partial charge in [0.15, 0.2) is 0 Å². The van der Waals surface area contributed by atoms with Crippen molar-refractivity contribution in [1.82, 2.24) is 0 Å². The number of carbonyl (C=O) groups is 2. The molecule has 0 radical (unpaired) electrons. The Balaban J connectivity index is 1.62. The number of hydrogen-bond acceptors (Lipinski definition) is 5. The predicted octanol–water partition coefficient (Wildman–Crippen LogP) is 3.56. The molecular formula is C20H22O5. The molecule has 5 aliphatic rings.